The summed E-state index contributed by atoms with van der Waals surface area (Å²) in [6, 6.07) is 10.6. The molecule has 0 amide bonds. The Bertz CT molecular complexity index is 1390. The van der Waals surface area contributed by atoms with E-state index in [1.165, 1.54) is 18.2 Å². The fourth-order valence-electron chi connectivity index (χ4n) is 3.26. The highest BCUT2D eigenvalue weighted by Gasteiger charge is 2.26. The van der Waals surface area contributed by atoms with E-state index in [4.69, 9.17) is 20.8 Å². The number of rotatable bonds is 4. The van der Waals surface area contributed by atoms with Crippen LogP contribution in [0, 0.1) is 36.0 Å². The Kier molecular flexibility index (Phi) is 5.64. The van der Waals surface area contributed by atoms with Gasteiger partial charge in [0.25, 0.3) is 0 Å². The van der Waals surface area contributed by atoms with E-state index in [0.717, 1.165) is 0 Å². The highest BCUT2D eigenvalue weighted by Crippen LogP contribution is 2.29. The topological polar surface area (TPSA) is 39.4 Å². The highest BCUT2D eigenvalue weighted by molar-refractivity contribution is 6.30. The van der Waals surface area contributed by atoms with Crippen molar-refractivity contribution in [3.8, 4) is 16.9 Å². The molecule has 1 aromatic heterocycles. The molecule has 0 aliphatic rings. The lowest BCUT2D eigenvalue weighted by atomic mass is 10.0. The summed E-state index contributed by atoms with van der Waals surface area (Å²) >= 11 is 5.89. The molecule has 4 rings (SSSR count). The second-order valence-corrected chi connectivity index (χ2v) is 7.30. The van der Waals surface area contributed by atoms with Gasteiger partial charge in [-0.25, -0.2) is 22.0 Å². The van der Waals surface area contributed by atoms with Crippen molar-refractivity contribution in [2.75, 3.05) is 0 Å². The molecule has 0 saturated carbocycles. The van der Waals surface area contributed by atoms with Gasteiger partial charge < -0.3 is 9.15 Å². The van der Waals surface area contributed by atoms with E-state index in [1.54, 1.807) is 31.2 Å². The van der Waals surface area contributed by atoms with Crippen molar-refractivity contribution in [2.24, 2.45) is 0 Å². The first-order chi connectivity index (χ1) is 15.2. The van der Waals surface area contributed by atoms with Crippen LogP contribution in [0.25, 0.3) is 22.1 Å². The van der Waals surface area contributed by atoms with Gasteiger partial charge in [-0.15, -0.1) is 0 Å². The van der Waals surface area contributed by atoms with Crippen LogP contribution in [-0.2, 0) is 6.61 Å². The van der Waals surface area contributed by atoms with Crippen LogP contribution >= 0.6 is 11.6 Å². The first kappa shape index (κ1) is 21.8. The number of halogens is 6. The van der Waals surface area contributed by atoms with Crippen LogP contribution in [0.4, 0.5) is 22.0 Å². The van der Waals surface area contributed by atoms with Crippen LogP contribution in [0.2, 0.25) is 5.02 Å². The van der Waals surface area contributed by atoms with Gasteiger partial charge in [0.05, 0.1) is 16.5 Å². The van der Waals surface area contributed by atoms with Gasteiger partial charge in [0.1, 0.15) is 23.7 Å². The second-order valence-electron chi connectivity index (χ2n) is 6.86. The Morgan fingerprint density at radius 2 is 1.47 bits per heavy atom. The smallest absolute Gasteiger partial charge is 0.200 e. The van der Waals surface area contributed by atoms with E-state index in [2.05, 4.69) is 0 Å². The Balaban J connectivity index is 1.69. The molecule has 32 heavy (non-hydrogen) atoms. The van der Waals surface area contributed by atoms with Crippen LogP contribution in [0.3, 0.4) is 0 Å². The molecule has 164 valence electrons. The molecule has 1 heterocycles. The van der Waals surface area contributed by atoms with Gasteiger partial charge in [-0.1, -0.05) is 23.7 Å². The molecular weight excluding hydrogens is 455 g/mol. The molecule has 0 radical (unpaired) electrons. The van der Waals surface area contributed by atoms with Gasteiger partial charge in [-0.2, -0.15) is 0 Å². The zero-order valence-electron chi connectivity index (χ0n) is 16.2. The molecule has 0 saturated heterocycles. The molecule has 3 nitrogen and oxygen atoms in total. The maximum absolute atomic E-state index is 13.8. The number of aryl methyl sites for hydroxylation is 1. The zero-order chi connectivity index (χ0) is 23.2. The van der Waals surface area contributed by atoms with Crippen LogP contribution in [0.15, 0.2) is 51.7 Å². The van der Waals surface area contributed by atoms with Crippen molar-refractivity contribution < 1.29 is 31.1 Å². The Hall–Kier alpha value is -3.39. The summed E-state index contributed by atoms with van der Waals surface area (Å²) in [5.74, 6) is -10.0. The van der Waals surface area contributed by atoms with Gasteiger partial charge in [-0.05, 0) is 36.8 Å². The summed E-state index contributed by atoms with van der Waals surface area (Å²) < 4.78 is 78.5. The lowest BCUT2D eigenvalue weighted by Gasteiger charge is -2.11. The molecule has 9 heteroatoms. The largest absolute Gasteiger partial charge is 0.489 e. The normalized spacial score (nSPS) is 11.2. The molecule has 0 N–H and O–H groups in total. The maximum atomic E-state index is 13.8. The van der Waals surface area contributed by atoms with E-state index >= 15 is 0 Å². The first-order valence-electron chi connectivity index (χ1n) is 9.15. The van der Waals surface area contributed by atoms with E-state index in [-0.39, 0.29) is 22.1 Å². The Labute approximate surface area is 182 Å². The van der Waals surface area contributed by atoms with Gasteiger partial charge in [-0.3, -0.25) is 4.79 Å². The quantitative estimate of drug-likeness (QED) is 0.191. The fraction of sp³-hybridized carbons (Fsp3) is 0.0870. The van der Waals surface area contributed by atoms with E-state index in [9.17, 15) is 26.7 Å². The summed E-state index contributed by atoms with van der Waals surface area (Å²) in [6.45, 7) is 0.663. The zero-order valence-corrected chi connectivity index (χ0v) is 17.0. The monoisotopic (exact) mass is 466 g/mol. The molecule has 0 aliphatic heterocycles. The molecule has 0 bridgehead atoms. The van der Waals surface area contributed by atoms with Crippen LogP contribution in [0.1, 0.15) is 11.3 Å². The minimum absolute atomic E-state index is 0.00299. The SMILES string of the molecule is Cc1oc2cc(OCc3c(F)c(F)c(F)c(F)c3F)ccc2c(=O)c1-c1ccc(Cl)cc1. The van der Waals surface area contributed by atoms with Crippen molar-refractivity contribution in [1.82, 2.24) is 0 Å². The van der Waals surface area contributed by atoms with Crippen LogP contribution < -0.4 is 10.2 Å². The third kappa shape index (κ3) is 3.71. The van der Waals surface area contributed by atoms with Crippen molar-refractivity contribution in [1.29, 1.82) is 0 Å². The molecule has 0 aliphatic carbocycles. The van der Waals surface area contributed by atoms with Crippen LogP contribution in [-0.4, -0.2) is 0 Å². The van der Waals surface area contributed by atoms with Crippen molar-refractivity contribution >= 4 is 22.6 Å². The number of hydrogen-bond donors (Lipinski definition) is 0. The number of hydrogen-bond acceptors (Lipinski definition) is 3. The lowest BCUT2D eigenvalue weighted by Crippen LogP contribution is -2.10. The molecule has 0 spiro atoms. The standard InChI is InChI=1S/C23H12ClF5O3/c1-10-17(11-2-4-12(24)5-3-11)23(30)14-7-6-13(8-16(14)32-10)31-9-15-18(25)20(27)22(29)21(28)19(15)26/h2-8H,9H2,1H3. The molecule has 0 unspecified atom stereocenters. The number of ether oxygens (including phenoxy) is 1. The summed E-state index contributed by atoms with van der Waals surface area (Å²) in [6.07, 6.45) is 0. The summed E-state index contributed by atoms with van der Waals surface area (Å²) in [7, 11) is 0. The third-order valence-corrected chi connectivity index (χ3v) is 5.11. The lowest BCUT2D eigenvalue weighted by molar-refractivity contribution is 0.279. The molecule has 0 fully saturated rings. The first-order valence-corrected chi connectivity index (χ1v) is 9.53. The van der Waals surface area contributed by atoms with E-state index in [1.807, 2.05) is 0 Å². The van der Waals surface area contributed by atoms with Crippen molar-refractivity contribution in [2.45, 2.75) is 13.5 Å². The van der Waals surface area contributed by atoms with Gasteiger partial charge in [0.2, 0.25) is 11.2 Å². The summed E-state index contributed by atoms with van der Waals surface area (Å²) in [4.78, 5) is 13.0. The predicted molar refractivity (Wildman–Crippen MR) is 108 cm³/mol. The predicted octanol–water partition coefficient (Wildman–Crippen LogP) is 6.70. The van der Waals surface area contributed by atoms with Crippen molar-refractivity contribution in [3.05, 3.63) is 98.1 Å². The average molecular weight is 467 g/mol. The minimum Gasteiger partial charge on any atom is -0.489 e. The number of fused-ring (bicyclic) bond motifs is 1. The molecular formula is C23H12ClF5O3. The highest BCUT2D eigenvalue weighted by atomic mass is 35.5. The minimum atomic E-state index is -2.25. The fourth-order valence-corrected chi connectivity index (χ4v) is 3.38. The van der Waals surface area contributed by atoms with E-state index < -0.39 is 41.3 Å². The average Bonchev–Trinajstić information content (AvgIpc) is 2.77. The van der Waals surface area contributed by atoms with Crippen LogP contribution in [0.5, 0.6) is 5.75 Å². The third-order valence-electron chi connectivity index (χ3n) is 4.86. The maximum Gasteiger partial charge on any atom is 0.200 e. The summed E-state index contributed by atoms with van der Waals surface area (Å²) in [5, 5.41) is 0.719. The Morgan fingerprint density at radius 3 is 2.09 bits per heavy atom. The van der Waals surface area contributed by atoms with Gasteiger partial charge in [0.15, 0.2) is 23.3 Å². The Morgan fingerprint density at radius 1 is 0.875 bits per heavy atom. The second kappa shape index (κ2) is 8.27. The van der Waals surface area contributed by atoms with E-state index in [0.29, 0.717) is 21.9 Å². The summed E-state index contributed by atoms with van der Waals surface area (Å²) in [5.41, 5.74) is -0.367. The molecule has 0 atom stereocenters. The molecule has 4 aromatic rings. The molecule has 3 aromatic carbocycles. The van der Waals surface area contributed by atoms with Gasteiger partial charge >= 0.3 is 0 Å². The number of benzene rings is 3. The van der Waals surface area contributed by atoms with Gasteiger partial charge in [0, 0.05) is 11.1 Å². The van der Waals surface area contributed by atoms with Crippen molar-refractivity contribution in [3.63, 3.8) is 0 Å².